The highest BCUT2D eigenvalue weighted by atomic mass is 16.1. The molecule has 1 saturated heterocycles. The summed E-state index contributed by atoms with van der Waals surface area (Å²) in [5.74, 6) is 0. The third-order valence-electron chi connectivity index (χ3n) is 4.67. The van der Waals surface area contributed by atoms with E-state index in [9.17, 15) is 4.79 Å². The van der Waals surface area contributed by atoms with Crippen molar-refractivity contribution >= 4 is 5.65 Å². The Hall–Kier alpha value is -2.40. The summed E-state index contributed by atoms with van der Waals surface area (Å²) in [4.78, 5) is 12.5. The molecule has 0 amide bonds. The lowest BCUT2D eigenvalue weighted by Crippen LogP contribution is -2.24. The Kier molecular flexibility index (Phi) is 3.31. The van der Waals surface area contributed by atoms with Crippen LogP contribution in [0.5, 0.6) is 0 Å². The van der Waals surface area contributed by atoms with Crippen molar-refractivity contribution in [2.75, 3.05) is 6.54 Å². The topological polar surface area (TPSA) is 51.3 Å². The third-order valence-corrected chi connectivity index (χ3v) is 4.67. The monoisotopic (exact) mass is 308 g/mol. The molecule has 0 spiro atoms. The van der Waals surface area contributed by atoms with Crippen LogP contribution in [0.2, 0.25) is 0 Å². The van der Waals surface area contributed by atoms with Crippen molar-refractivity contribution < 1.29 is 0 Å². The summed E-state index contributed by atoms with van der Waals surface area (Å²) in [6, 6.07) is 12.2. The van der Waals surface area contributed by atoms with Crippen LogP contribution in [0, 0.1) is 6.92 Å². The molecule has 0 aliphatic carbocycles. The van der Waals surface area contributed by atoms with Gasteiger partial charge in [-0.25, -0.2) is 0 Å². The van der Waals surface area contributed by atoms with Crippen molar-refractivity contribution in [3.8, 4) is 11.3 Å². The number of nitrogens with zero attached hydrogens (tertiary/aromatic N) is 3. The maximum atomic E-state index is 12.5. The van der Waals surface area contributed by atoms with Gasteiger partial charge in [0.05, 0.1) is 5.69 Å². The van der Waals surface area contributed by atoms with Gasteiger partial charge in [0.2, 0.25) is 0 Å². The second-order valence-electron chi connectivity index (χ2n) is 6.28. The first kappa shape index (κ1) is 14.2. The summed E-state index contributed by atoms with van der Waals surface area (Å²) >= 11 is 0. The summed E-state index contributed by atoms with van der Waals surface area (Å²) in [5.41, 5.74) is 4.86. The van der Waals surface area contributed by atoms with E-state index in [4.69, 9.17) is 0 Å². The number of nitrogens with one attached hydrogen (secondary N) is 1. The van der Waals surface area contributed by atoms with Crippen LogP contribution < -0.4 is 10.9 Å². The van der Waals surface area contributed by atoms with Crippen LogP contribution in [-0.4, -0.2) is 20.7 Å². The zero-order valence-electron chi connectivity index (χ0n) is 13.4. The van der Waals surface area contributed by atoms with E-state index in [2.05, 4.69) is 34.0 Å². The van der Waals surface area contributed by atoms with Gasteiger partial charge in [-0.15, -0.1) is 0 Å². The van der Waals surface area contributed by atoms with Gasteiger partial charge in [-0.1, -0.05) is 29.8 Å². The fourth-order valence-corrected chi connectivity index (χ4v) is 3.33. The molecule has 0 bridgehead atoms. The van der Waals surface area contributed by atoms with E-state index >= 15 is 0 Å². The molecule has 1 atom stereocenters. The van der Waals surface area contributed by atoms with E-state index in [0.29, 0.717) is 0 Å². The molecule has 1 N–H and O–H groups in total. The molecule has 118 valence electrons. The number of hydrogen-bond acceptors (Lipinski definition) is 3. The summed E-state index contributed by atoms with van der Waals surface area (Å²) in [5, 5.41) is 7.96. The largest absolute Gasteiger partial charge is 0.331 e. The van der Waals surface area contributed by atoms with Crippen molar-refractivity contribution in [2.24, 2.45) is 7.05 Å². The maximum Gasteiger partial charge on any atom is 0.274 e. The lowest BCUT2D eigenvalue weighted by atomic mass is 10.1. The first-order valence-corrected chi connectivity index (χ1v) is 8.03. The fraction of sp³-hybridized carbons (Fsp3) is 0.333. The van der Waals surface area contributed by atoms with E-state index in [1.807, 2.05) is 25.2 Å². The van der Waals surface area contributed by atoms with Crippen LogP contribution in [0.15, 0.2) is 41.2 Å². The third kappa shape index (κ3) is 2.37. The molecule has 1 aliphatic heterocycles. The van der Waals surface area contributed by atoms with Gasteiger partial charge in [-0.05, 0) is 26.3 Å². The molecule has 4 rings (SSSR count). The van der Waals surface area contributed by atoms with Gasteiger partial charge in [0.15, 0.2) is 0 Å². The van der Waals surface area contributed by atoms with Crippen LogP contribution in [0.3, 0.4) is 0 Å². The first-order chi connectivity index (χ1) is 11.1. The van der Waals surface area contributed by atoms with Gasteiger partial charge in [-0.3, -0.25) is 4.79 Å². The average Bonchev–Trinajstić information content (AvgIpc) is 3.21. The Labute approximate surface area is 134 Å². The highest BCUT2D eigenvalue weighted by molar-refractivity contribution is 5.64. The van der Waals surface area contributed by atoms with Gasteiger partial charge in [0.25, 0.3) is 5.56 Å². The molecular weight excluding hydrogens is 288 g/mol. The van der Waals surface area contributed by atoms with E-state index in [1.165, 1.54) is 10.1 Å². The summed E-state index contributed by atoms with van der Waals surface area (Å²) in [6.07, 6.45) is 2.22. The Balaban J connectivity index is 1.88. The summed E-state index contributed by atoms with van der Waals surface area (Å²) < 4.78 is 3.57. The van der Waals surface area contributed by atoms with Gasteiger partial charge < -0.3 is 9.88 Å². The molecule has 23 heavy (non-hydrogen) atoms. The molecule has 1 aliphatic rings. The number of fused-ring (bicyclic) bond motifs is 1. The molecule has 1 unspecified atom stereocenters. The second kappa shape index (κ2) is 5.35. The maximum absolute atomic E-state index is 12.5. The molecule has 5 heteroatoms. The molecule has 3 aromatic rings. The number of benzene rings is 1. The number of aryl methyl sites for hydroxylation is 2. The van der Waals surface area contributed by atoms with E-state index in [0.717, 1.165) is 42.0 Å². The van der Waals surface area contributed by atoms with Crippen LogP contribution in [0.1, 0.15) is 30.1 Å². The molecule has 1 aromatic carbocycles. The van der Waals surface area contributed by atoms with Gasteiger partial charge in [0.1, 0.15) is 5.65 Å². The first-order valence-electron chi connectivity index (χ1n) is 8.03. The zero-order chi connectivity index (χ0) is 16.0. The zero-order valence-corrected chi connectivity index (χ0v) is 13.4. The van der Waals surface area contributed by atoms with Crippen LogP contribution in [0.4, 0.5) is 0 Å². The highest BCUT2D eigenvalue weighted by Crippen LogP contribution is 2.24. The normalized spacial score (nSPS) is 17.9. The molecule has 2 aromatic heterocycles. The highest BCUT2D eigenvalue weighted by Gasteiger charge is 2.21. The van der Waals surface area contributed by atoms with Crippen LogP contribution in [0.25, 0.3) is 16.9 Å². The molecule has 0 radical (unpaired) electrons. The lowest BCUT2D eigenvalue weighted by molar-refractivity contribution is 0.590. The van der Waals surface area contributed by atoms with E-state index in [-0.39, 0.29) is 11.6 Å². The quantitative estimate of drug-likeness (QED) is 0.791. The minimum atomic E-state index is -0.0693. The Morgan fingerprint density at radius 3 is 2.70 bits per heavy atom. The van der Waals surface area contributed by atoms with Crippen LogP contribution in [-0.2, 0) is 7.05 Å². The molecule has 1 fully saturated rings. The van der Waals surface area contributed by atoms with Gasteiger partial charge in [0, 0.05) is 36.5 Å². The SMILES string of the molecule is Cc1ccc(-c2cc3n(C)c(C4CCCN4)cc(=O)n3n2)cc1. The van der Waals surface area contributed by atoms with Gasteiger partial charge >= 0.3 is 0 Å². The molecular formula is C18H20N4O. The summed E-state index contributed by atoms with van der Waals surface area (Å²) in [7, 11) is 2.00. The smallest absolute Gasteiger partial charge is 0.274 e. The van der Waals surface area contributed by atoms with Crippen molar-refractivity contribution in [1.82, 2.24) is 19.5 Å². The second-order valence-corrected chi connectivity index (χ2v) is 6.28. The fourth-order valence-electron chi connectivity index (χ4n) is 3.33. The Morgan fingerprint density at radius 1 is 1.22 bits per heavy atom. The summed E-state index contributed by atoms with van der Waals surface area (Å²) in [6.45, 7) is 3.07. The van der Waals surface area contributed by atoms with Crippen molar-refractivity contribution in [3.05, 3.63) is 58.0 Å². The van der Waals surface area contributed by atoms with Crippen molar-refractivity contribution in [3.63, 3.8) is 0 Å². The number of aromatic nitrogens is 3. The minimum absolute atomic E-state index is 0.0693. The van der Waals surface area contributed by atoms with Gasteiger partial charge in [-0.2, -0.15) is 9.61 Å². The standard InChI is InChI=1S/C18H20N4O/c1-12-5-7-13(8-6-12)15-10-17-21(2)16(14-4-3-9-19-14)11-18(23)22(17)20-15/h5-8,10-11,14,19H,3-4,9H2,1-2H3. The van der Waals surface area contributed by atoms with Crippen molar-refractivity contribution in [1.29, 1.82) is 0 Å². The predicted octanol–water partition coefficient (Wildman–Crippen LogP) is 2.43. The Morgan fingerprint density at radius 2 is 2.00 bits per heavy atom. The average molecular weight is 308 g/mol. The lowest BCUT2D eigenvalue weighted by Gasteiger charge is -2.16. The number of rotatable bonds is 2. The van der Waals surface area contributed by atoms with Crippen LogP contribution >= 0.6 is 0 Å². The van der Waals surface area contributed by atoms with Crippen molar-refractivity contribution in [2.45, 2.75) is 25.8 Å². The minimum Gasteiger partial charge on any atom is -0.331 e. The van der Waals surface area contributed by atoms with E-state index in [1.54, 1.807) is 6.07 Å². The Bertz CT molecular complexity index is 915. The predicted molar refractivity (Wildman–Crippen MR) is 90.6 cm³/mol. The molecule has 0 saturated carbocycles. The molecule has 5 nitrogen and oxygen atoms in total. The van der Waals surface area contributed by atoms with E-state index < -0.39 is 0 Å². The molecule has 3 heterocycles. The number of hydrogen-bond donors (Lipinski definition) is 1.